The third-order valence-corrected chi connectivity index (χ3v) is 6.53. The van der Waals surface area contributed by atoms with Crippen molar-refractivity contribution >= 4 is 11.8 Å². The lowest BCUT2D eigenvalue weighted by Gasteiger charge is -2.36. The summed E-state index contributed by atoms with van der Waals surface area (Å²) in [6.45, 7) is 4.45. The number of para-hydroxylation sites is 2. The summed E-state index contributed by atoms with van der Waals surface area (Å²) in [4.78, 5) is 26.6. The van der Waals surface area contributed by atoms with Gasteiger partial charge in [0, 0.05) is 45.6 Å². The fourth-order valence-electron chi connectivity index (χ4n) is 4.65. The van der Waals surface area contributed by atoms with Crippen LogP contribution in [0.15, 0.2) is 78.9 Å². The highest BCUT2D eigenvalue weighted by Crippen LogP contribution is 2.29. The molecular weight excluding hydrogens is 450 g/mol. The zero-order valence-electron chi connectivity index (χ0n) is 20.9. The molecule has 4 rings (SSSR count). The molecule has 188 valence electrons. The monoisotopic (exact) mass is 485 g/mol. The maximum absolute atomic E-state index is 13.3. The molecule has 0 aromatic heterocycles. The van der Waals surface area contributed by atoms with E-state index in [4.69, 9.17) is 4.74 Å². The van der Waals surface area contributed by atoms with Crippen molar-refractivity contribution < 1.29 is 14.3 Å². The van der Waals surface area contributed by atoms with E-state index in [0.29, 0.717) is 25.8 Å². The second-order valence-electron chi connectivity index (χ2n) is 9.19. The van der Waals surface area contributed by atoms with Crippen molar-refractivity contribution in [1.29, 1.82) is 0 Å². The Morgan fingerprint density at radius 3 is 2.25 bits per heavy atom. The van der Waals surface area contributed by atoms with Gasteiger partial charge in [-0.2, -0.15) is 0 Å². The molecule has 6 nitrogen and oxygen atoms in total. The highest BCUT2D eigenvalue weighted by atomic mass is 16.5. The summed E-state index contributed by atoms with van der Waals surface area (Å²) >= 11 is 0. The second-order valence-corrected chi connectivity index (χ2v) is 9.19. The number of benzene rings is 3. The fraction of sp³-hybridized carbons (Fsp3) is 0.333. The van der Waals surface area contributed by atoms with E-state index in [-0.39, 0.29) is 17.9 Å². The molecular formula is C30H35N3O3. The minimum Gasteiger partial charge on any atom is -0.457 e. The lowest BCUT2D eigenvalue weighted by molar-refractivity contribution is -0.134. The first-order chi connectivity index (χ1) is 17.6. The minimum absolute atomic E-state index is 0.0427. The summed E-state index contributed by atoms with van der Waals surface area (Å²) in [6.07, 6.45) is 2.59. The Morgan fingerprint density at radius 1 is 0.917 bits per heavy atom. The van der Waals surface area contributed by atoms with Crippen molar-refractivity contribution in [3.63, 3.8) is 0 Å². The van der Waals surface area contributed by atoms with Gasteiger partial charge in [-0.05, 0) is 48.1 Å². The quantitative estimate of drug-likeness (QED) is 0.453. The number of rotatable bonds is 10. The molecule has 1 aliphatic rings. The van der Waals surface area contributed by atoms with E-state index in [1.807, 2.05) is 71.6 Å². The number of ether oxygens (including phenoxy) is 1. The summed E-state index contributed by atoms with van der Waals surface area (Å²) in [6, 6.07) is 26.3. The van der Waals surface area contributed by atoms with Crippen molar-refractivity contribution in [2.75, 3.05) is 26.2 Å². The van der Waals surface area contributed by atoms with Crippen LogP contribution in [-0.2, 0) is 28.9 Å². The van der Waals surface area contributed by atoms with E-state index < -0.39 is 0 Å². The molecule has 0 aliphatic carbocycles. The normalized spacial score (nSPS) is 15.4. The molecule has 3 aromatic carbocycles. The van der Waals surface area contributed by atoms with E-state index in [9.17, 15) is 9.59 Å². The first-order valence-electron chi connectivity index (χ1n) is 12.7. The van der Waals surface area contributed by atoms with Crippen LogP contribution >= 0.6 is 0 Å². The topological polar surface area (TPSA) is 70.7 Å². The van der Waals surface area contributed by atoms with Gasteiger partial charge in [-0.3, -0.25) is 9.59 Å². The van der Waals surface area contributed by atoms with Crippen molar-refractivity contribution in [1.82, 2.24) is 15.5 Å². The molecule has 0 bridgehead atoms. The lowest BCUT2D eigenvalue weighted by atomic mass is 10.0. The SMILES string of the molecule is CC(=O)NCCc1ccccc1Oc1ccccc1CCC(=O)N1CCNCC1Cc1ccccc1. The van der Waals surface area contributed by atoms with Crippen molar-refractivity contribution in [2.24, 2.45) is 0 Å². The maximum Gasteiger partial charge on any atom is 0.223 e. The van der Waals surface area contributed by atoms with E-state index in [1.165, 1.54) is 12.5 Å². The van der Waals surface area contributed by atoms with Crippen LogP contribution < -0.4 is 15.4 Å². The fourth-order valence-corrected chi connectivity index (χ4v) is 4.65. The van der Waals surface area contributed by atoms with Crippen LogP contribution in [-0.4, -0.2) is 48.9 Å². The molecule has 2 N–H and O–H groups in total. The number of piperazine rings is 1. The second kappa shape index (κ2) is 12.9. The minimum atomic E-state index is -0.0427. The first-order valence-corrected chi connectivity index (χ1v) is 12.7. The molecule has 1 saturated heterocycles. The Bertz CT molecular complexity index is 1150. The first kappa shape index (κ1) is 25.5. The van der Waals surface area contributed by atoms with Gasteiger partial charge < -0.3 is 20.3 Å². The van der Waals surface area contributed by atoms with Gasteiger partial charge >= 0.3 is 0 Å². The van der Waals surface area contributed by atoms with Crippen molar-refractivity contribution in [3.05, 3.63) is 95.6 Å². The largest absolute Gasteiger partial charge is 0.457 e. The number of hydrogen-bond acceptors (Lipinski definition) is 4. The molecule has 1 unspecified atom stereocenters. The average Bonchev–Trinajstić information content (AvgIpc) is 2.90. The Kier molecular flexibility index (Phi) is 9.11. The van der Waals surface area contributed by atoms with Gasteiger partial charge in [0.05, 0.1) is 0 Å². The van der Waals surface area contributed by atoms with Crippen LogP contribution in [0.5, 0.6) is 11.5 Å². The summed E-state index contributed by atoms with van der Waals surface area (Å²) in [5, 5.41) is 6.28. The van der Waals surface area contributed by atoms with Gasteiger partial charge in [-0.15, -0.1) is 0 Å². The van der Waals surface area contributed by atoms with Gasteiger partial charge in [-0.25, -0.2) is 0 Å². The molecule has 1 aliphatic heterocycles. The molecule has 2 amide bonds. The molecule has 0 saturated carbocycles. The highest BCUT2D eigenvalue weighted by molar-refractivity contribution is 5.77. The molecule has 36 heavy (non-hydrogen) atoms. The van der Waals surface area contributed by atoms with Crippen LogP contribution in [0.2, 0.25) is 0 Å². The molecule has 6 heteroatoms. The van der Waals surface area contributed by atoms with Crippen LogP contribution in [0.1, 0.15) is 30.0 Å². The standard InChI is InChI=1S/C30H35N3O3/c1-23(34)32-18-17-26-12-6-8-14-29(26)36-28-13-7-5-11-25(28)15-16-30(35)33-20-19-31-22-27(33)21-24-9-3-2-4-10-24/h2-14,27,31H,15-22H2,1H3,(H,32,34). The van der Waals surface area contributed by atoms with Crippen LogP contribution in [0.25, 0.3) is 0 Å². The average molecular weight is 486 g/mol. The van der Waals surface area contributed by atoms with Gasteiger partial charge in [-0.1, -0.05) is 66.7 Å². The van der Waals surface area contributed by atoms with E-state index in [0.717, 1.165) is 48.7 Å². The third-order valence-electron chi connectivity index (χ3n) is 6.53. The number of nitrogens with zero attached hydrogens (tertiary/aromatic N) is 1. The zero-order chi connectivity index (χ0) is 25.2. The molecule has 1 fully saturated rings. The summed E-state index contributed by atoms with van der Waals surface area (Å²) in [7, 11) is 0. The predicted molar refractivity (Wildman–Crippen MR) is 142 cm³/mol. The van der Waals surface area contributed by atoms with Crippen molar-refractivity contribution in [3.8, 4) is 11.5 Å². The number of carbonyl (C=O) groups is 2. The van der Waals surface area contributed by atoms with E-state index in [1.54, 1.807) is 0 Å². The molecule has 1 heterocycles. The van der Waals surface area contributed by atoms with Crippen LogP contribution in [0.4, 0.5) is 0 Å². The maximum atomic E-state index is 13.3. The Labute approximate surface area is 213 Å². The highest BCUT2D eigenvalue weighted by Gasteiger charge is 2.26. The van der Waals surface area contributed by atoms with Crippen LogP contribution in [0.3, 0.4) is 0 Å². The number of carbonyl (C=O) groups excluding carboxylic acids is 2. The third kappa shape index (κ3) is 7.18. The van der Waals surface area contributed by atoms with E-state index >= 15 is 0 Å². The Hall–Kier alpha value is -3.64. The molecule has 0 spiro atoms. The van der Waals surface area contributed by atoms with Crippen LogP contribution in [0, 0.1) is 0 Å². The zero-order valence-corrected chi connectivity index (χ0v) is 20.9. The summed E-state index contributed by atoms with van der Waals surface area (Å²) in [5.74, 6) is 1.67. The van der Waals surface area contributed by atoms with Gasteiger partial charge in [0.1, 0.15) is 11.5 Å². The summed E-state index contributed by atoms with van der Waals surface area (Å²) in [5.41, 5.74) is 3.29. The van der Waals surface area contributed by atoms with Crippen molar-refractivity contribution in [2.45, 2.75) is 38.6 Å². The van der Waals surface area contributed by atoms with Gasteiger partial charge in [0.2, 0.25) is 11.8 Å². The number of amides is 2. The Morgan fingerprint density at radius 2 is 1.56 bits per heavy atom. The summed E-state index contributed by atoms with van der Waals surface area (Å²) < 4.78 is 6.33. The predicted octanol–water partition coefficient (Wildman–Crippen LogP) is 4.13. The van der Waals surface area contributed by atoms with E-state index in [2.05, 4.69) is 22.8 Å². The number of aryl methyl sites for hydroxylation is 1. The number of hydrogen-bond donors (Lipinski definition) is 2. The molecule has 0 radical (unpaired) electrons. The lowest BCUT2D eigenvalue weighted by Crippen LogP contribution is -2.54. The molecule has 1 atom stereocenters. The molecule has 3 aromatic rings. The number of nitrogens with one attached hydrogen (secondary N) is 2. The van der Waals surface area contributed by atoms with Gasteiger partial charge in [0.15, 0.2) is 0 Å². The smallest absolute Gasteiger partial charge is 0.223 e. The Balaban J connectivity index is 1.40. The van der Waals surface area contributed by atoms with Gasteiger partial charge in [0.25, 0.3) is 0 Å².